The smallest absolute Gasteiger partial charge is 0.399 e. The lowest BCUT2D eigenvalue weighted by atomic mass is 9.93. The molecule has 0 aliphatic carbocycles. The molecule has 21 heavy (non-hydrogen) atoms. The van der Waals surface area contributed by atoms with Crippen molar-refractivity contribution in [3.05, 3.63) is 29.3 Å². The first kappa shape index (κ1) is 17.4. The minimum absolute atomic E-state index is 0.141. The van der Waals surface area contributed by atoms with Crippen LogP contribution in [0.5, 0.6) is 0 Å². The fraction of sp³-hybridized carbons (Fsp3) is 0.455. The topological polar surface area (TPSA) is 26.0 Å². The number of halogens is 9. The summed E-state index contributed by atoms with van der Waals surface area (Å²) in [6.07, 6.45) is -6.83. The molecule has 0 saturated heterocycles. The van der Waals surface area contributed by atoms with Crippen molar-refractivity contribution in [2.45, 2.75) is 30.9 Å². The summed E-state index contributed by atoms with van der Waals surface area (Å²) in [5.74, 6) is -19.3. The molecule has 0 spiro atoms. The quantitative estimate of drug-likeness (QED) is 0.642. The first-order valence-electron chi connectivity index (χ1n) is 5.23. The van der Waals surface area contributed by atoms with Gasteiger partial charge in [0.1, 0.15) is 0 Å². The standard InChI is InChI=1S/C11H8F9N/c1-5-4-6(21)2-3-7(5)8(12,13)9(14,15)10(16,17)11(18,19)20/h2-4H,21H2,1H3. The third-order valence-electron chi connectivity index (χ3n) is 2.73. The van der Waals surface area contributed by atoms with Gasteiger partial charge in [0.15, 0.2) is 0 Å². The van der Waals surface area contributed by atoms with Crippen LogP contribution in [0.4, 0.5) is 45.2 Å². The number of aryl methyl sites for hydroxylation is 1. The van der Waals surface area contributed by atoms with E-state index in [2.05, 4.69) is 0 Å². The van der Waals surface area contributed by atoms with Gasteiger partial charge in [0, 0.05) is 11.3 Å². The van der Waals surface area contributed by atoms with E-state index in [9.17, 15) is 39.5 Å². The Hall–Kier alpha value is -1.61. The van der Waals surface area contributed by atoms with Crippen LogP contribution in [0.1, 0.15) is 11.1 Å². The lowest BCUT2D eigenvalue weighted by Crippen LogP contribution is -2.59. The van der Waals surface area contributed by atoms with Gasteiger partial charge in [0.05, 0.1) is 0 Å². The number of anilines is 1. The normalized spacial score (nSPS) is 14.4. The second-order valence-corrected chi connectivity index (χ2v) is 4.30. The zero-order valence-corrected chi connectivity index (χ0v) is 10.2. The van der Waals surface area contributed by atoms with Crippen LogP contribution in [0.25, 0.3) is 0 Å². The van der Waals surface area contributed by atoms with Gasteiger partial charge in [-0.2, -0.15) is 39.5 Å². The van der Waals surface area contributed by atoms with Crippen LogP contribution in [-0.2, 0) is 5.92 Å². The van der Waals surface area contributed by atoms with E-state index >= 15 is 0 Å². The predicted octanol–water partition coefficient (Wildman–Crippen LogP) is 4.50. The molecular weight excluding hydrogens is 317 g/mol. The van der Waals surface area contributed by atoms with Gasteiger partial charge in [-0.3, -0.25) is 0 Å². The molecule has 1 rings (SSSR count). The summed E-state index contributed by atoms with van der Waals surface area (Å²) in [5.41, 5.74) is 2.73. The molecule has 10 heteroatoms. The first-order valence-corrected chi connectivity index (χ1v) is 5.23. The molecule has 120 valence electrons. The maximum absolute atomic E-state index is 13.6. The maximum Gasteiger partial charge on any atom is 0.460 e. The zero-order chi connectivity index (χ0) is 16.9. The Balaban J connectivity index is 3.47. The maximum atomic E-state index is 13.6. The second kappa shape index (κ2) is 4.70. The van der Waals surface area contributed by atoms with Crippen LogP contribution in [0.15, 0.2) is 18.2 Å². The Morgan fingerprint density at radius 2 is 1.29 bits per heavy atom. The van der Waals surface area contributed by atoms with Crippen LogP contribution in [-0.4, -0.2) is 18.0 Å². The molecule has 0 aliphatic heterocycles. The summed E-state index contributed by atoms with van der Waals surface area (Å²) in [5, 5.41) is 0. The highest BCUT2D eigenvalue weighted by molar-refractivity contribution is 5.46. The average molecular weight is 325 g/mol. The molecule has 0 atom stereocenters. The predicted molar refractivity (Wildman–Crippen MR) is 55.4 cm³/mol. The van der Waals surface area contributed by atoms with Gasteiger partial charge >= 0.3 is 23.9 Å². The van der Waals surface area contributed by atoms with Crippen molar-refractivity contribution in [3.8, 4) is 0 Å². The van der Waals surface area contributed by atoms with Gasteiger partial charge in [0.2, 0.25) is 0 Å². The third-order valence-corrected chi connectivity index (χ3v) is 2.73. The minimum Gasteiger partial charge on any atom is -0.399 e. The molecule has 0 heterocycles. The largest absolute Gasteiger partial charge is 0.460 e. The van der Waals surface area contributed by atoms with Gasteiger partial charge in [-0.1, -0.05) is 6.07 Å². The zero-order valence-electron chi connectivity index (χ0n) is 10.2. The van der Waals surface area contributed by atoms with Crippen LogP contribution >= 0.6 is 0 Å². The summed E-state index contributed by atoms with van der Waals surface area (Å²) < 4.78 is 115. The van der Waals surface area contributed by atoms with E-state index in [1.54, 1.807) is 0 Å². The van der Waals surface area contributed by atoms with Gasteiger partial charge < -0.3 is 5.73 Å². The molecule has 0 radical (unpaired) electrons. The molecular formula is C11H8F9N. The summed E-state index contributed by atoms with van der Waals surface area (Å²) in [4.78, 5) is 0. The summed E-state index contributed by atoms with van der Waals surface area (Å²) >= 11 is 0. The molecule has 0 fully saturated rings. The van der Waals surface area contributed by atoms with Crippen molar-refractivity contribution in [1.82, 2.24) is 0 Å². The lowest BCUT2D eigenvalue weighted by Gasteiger charge is -2.34. The van der Waals surface area contributed by atoms with Crippen molar-refractivity contribution < 1.29 is 39.5 Å². The first-order chi connectivity index (χ1) is 9.16. The minimum atomic E-state index is -6.91. The van der Waals surface area contributed by atoms with Crippen molar-refractivity contribution in [2.24, 2.45) is 0 Å². The second-order valence-electron chi connectivity index (χ2n) is 4.30. The number of nitrogen functional groups attached to an aromatic ring is 1. The molecule has 0 aromatic heterocycles. The van der Waals surface area contributed by atoms with E-state index in [0.29, 0.717) is 6.07 Å². The number of rotatable bonds is 3. The Morgan fingerprint density at radius 1 is 0.810 bits per heavy atom. The number of benzene rings is 1. The molecule has 0 bridgehead atoms. The molecule has 1 aromatic rings. The van der Waals surface area contributed by atoms with Crippen LogP contribution in [0.2, 0.25) is 0 Å². The van der Waals surface area contributed by atoms with E-state index in [0.717, 1.165) is 13.0 Å². The molecule has 0 aliphatic rings. The molecule has 1 aromatic carbocycles. The van der Waals surface area contributed by atoms with E-state index in [-0.39, 0.29) is 11.8 Å². The Bertz CT molecular complexity index is 533. The number of hydrogen-bond donors (Lipinski definition) is 1. The molecule has 0 unspecified atom stereocenters. The molecule has 1 nitrogen and oxygen atoms in total. The van der Waals surface area contributed by atoms with Gasteiger partial charge in [0.25, 0.3) is 0 Å². The Morgan fingerprint density at radius 3 is 1.67 bits per heavy atom. The van der Waals surface area contributed by atoms with Crippen LogP contribution in [0.3, 0.4) is 0 Å². The van der Waals surface area contributed by atoms with E-state index in [1.165, 1.54) is 0 Å². The monoisotopic (exact) mass is 325 g/mol. The third kappa shape index (κ3) is 2.51. The Labute approximate surface area is 112 Å². The van der Waals surface area contributed by atoms with Crippen LogP contribution in [0, 0.1) is 6.92 Å². The number of nitrogens with two attached hydrogens (primary N) is 1. The van der Waals surface area contributed by atoms with Crippen molar-refractivity contribution >= 4 is 5.69 Å². The molecule has 2 N–H and O–H groups in total. The fourth-order valence-corrected chi connectivity index (χ4v) is 1.58. The van der Waals surface area contributed by atoms with Gasteiger partial charge in [-0.15, -0.1) is 0 Å². The summed E-state index contributed by atoms with van der Waals surface area (Å²) in [7, 11) is 0. The van der Waals surface area contributed by atoms with Crippen molar-refractivity contribution in [1.29, 1.82) is 0 Å². The van der Waals surface area contributed by atoms with Crippen molar-refractivity contribution in [2.75, 3.05) is 5.73 Å². The average Bonchev–Trinajstić information content (AvgIpc) is 2.26. The van der Waals surface area contributed by atoms with E-state index < -0.39 is 35.1 Å². The number of alkyl halides is 9. The van der Waals surface area contributed by atoms with E-state index in [1.807, 2.05) is 0 Å². The highest BCUT2D eigenvalue weighted by atomic mass is 19.4. The number of hydrogen-bond acceptors (Lipinski definition) is 1. The van der Waals surface area contributed by atoms with Gasteiger partial charge in [-0.05, 0) is 24.6 Å². The molecule has 0 saturated carbocycles. The highest BCUT2D eigenvalue weighted by Crippen LogP contribution is 2.57. The Kier molecular flexibility index (Phi) is 3.91. The molecule has 0 amide bonds. The summed E-state index contributed by atoms with van der Waals surface area (Å²) in [6, 6.07) is 1.73. The summed E-state index contributed by atoms with van der Waals surface area (Å²) in [6.45, 7) is 0.835. The highest BCUT2D eigenvalue weighted by Gasteiger charge is 2.82. The lowest BCUT2D eigenvalue weighted by molar-refractivity contribution is -0.399. The van der Waals surface area contributed by atoms with Crippen LogP contribution < -0.4 is 5.73 Å². The SMILES string of the molecule is Cc1cc(N)ccc1C(F)(F)C(F)(F)C(F)(F)C(F)(F)F. The van der Waals surface area contributed by atoms with Crippen molar-refractivity contribution in [3.63, 3.8) is 0 Å². The van der Waals surface area contributed by atoms with E-state index in [4.69, 9.17) is 5.73 Å². The fourth-order valence-electron chi connectivity index (χ4n) is 1.58. The van der Waals surface area contributed by atoms with Gasteiger partial charge in [-0.25, -0.2) is 0 Å².